The summed E-state index contributed by atoms with van der Waals surface area (Å²) < 4.78 is 0. The van der Waals surface area contributed by atoms with Gasteiger partial charge in [-0.15, -0.1) is 11.8 Å². The van der Waals surface area contributed by atoms with Gasteiger partial charge in [-0.1, -0.05) is 12.1 Å². The SMILES string of the molecule is CC(O)C(C)Sc1ccc(/C(N)=N/O)cc1[N+](=O)[O-]. The van der Waals surface area contributed by atoms with Crippen LogP contribution in [0.4, 0.5) is 5.69 Å². The topological polar surface area (TPSA) is 122 Å². The Bertz CT molecular complexity index is 505. The first kappa shape index (κ1) is 15.3. The van der Waals surface area contributed by atoms with Crippen LogP contribution in [0.1, 0.15) is 19.4 Å². The summed E-state index contributed by atoms with van der Waals surface area (Å²) in [5, 5.41) is 31.6. The molecule has 0 aliphatic carbocycles. The third-order valence-corrected chi connectivity index (χ3v) is 3.92. The van der Waals surface area contributed by atoms with Crippen molar-refractivity contribution in [3.8, 4) is 0 Å². The Kier molecular flexibility index (Phi) is 5.13. The Morgan fingerprint density at radius 2 is 2.16 bits per heavy atom. The lowest BCUT2D eigenvalue weighted by Gasteiger charge is -2.14. The van der Waals surface area contributed by atoms with Crippen molar-refractivity contribution in [2.24, 2.45) is 10.9 Å². The number of nitrogens with zero attached hydrogens (tertiary/aromatic N) is 2. The van der Waals surface area contributed by atoms with Crippen LogP contribution in [0.5, 0.6) is 0 Å². The third kappa shape index (κ3) is 3.83. The molecule has 2 unspecified atom stereocenters. The van der Waals surface area contributed by atoms with Crippen molar-refractivity contribution in [1.29, 1.82) is 0 Å². The highest BCUT2D eigenvalue weighted by atomic mass is 32.2. The van der Waals surface area contributed by atoms with Crippen LogP contribution in [0, 0.1) is 10.1 Å². The second-order valence-corrected chi connectivity index (χ2v) is 5.41. The van der Waals surface area contributed by atoms with E-state index in [9.17, 15) is 15.2 Å². The van der Waals surface area contributed by atoms with E-state index >= 15 is 0 Å². The van der Waals surface area contributed by atoms with E-state index in [-0.39, 0.29) is 22.3 Å². The van der Waals surface area contributed by atoms with Crippen molar-refractivity contribution in [2.45, 2.75) is 30.1 Å². The quantitative estimate of drug-likeness (QED) is 0.188. The van der Waals surface area contributed by atoms with Gasteiger partial charge in [-0.2, -0.15) is 0 Å². The van der Waals surface area contributed by atoms with Gasteiger partial charge in [0.2, 0.25) is 0 Å². The lowest BCUT2D eigenvalue weighted by molar-refractivity contribution is -0.387. The van der Waals surface area contributed by atoms with Crippen molar-refractivity contribution >= 4 is 23.3 Å². The van der Waals surface area contributed by atoms with E-state index < -0.39 is 11.0 Å². The summed E-state index contributed by atoms with van der Waals surface area (Å²) in [4.78, 5) is 10.9. The smallest absolute Gasteiger partial charge is 0.283 e. The van der Waals surface area contributed by atoms with Gasteiger partial charge in [0.15, 0.2) is 5.84 Å². The molecule has 0 amide bonds. The first-order valence-corrected chi connectivity index (χ1v) is 6.35. The van der Waals surface area contributed by atoms with Crippen molar-refractivity contribution < 1.29 is 15.2 Å². The minimum Gasteiger partial charge on any atom is -0.409 e. The molecule has 0 fully saturated rings. The van der Waals surface area contributed by atoms with Crippen LogP contribution >= 0.6 is 11.8 Å². The summed E-state index contributed by atoms with van der Waals surface area (Å²) in [5.41, 5.74) is 5.52. The molecule has 0 bridgehead atoms. The summed E-state index contributed by atoms with van der Waals surface area (Å²) >= 11 is 1.20. The number of aliphatic hydroxyl groups excluding tert-OH is 1. The number of nitro groups is 1. The predicted octanol–water partition coefficient (Wildman–Crippen LogP) is 1.55. The fraction of sp³-hybridized carbons (Fsp3) is 0.364. The number of aliphatic hydroxyl groups is 1. The number of rotatable bonds is 5. The molecule has 0 heterocycles. The Hall–Kier alpha value is -1.80. The van der Waals surface area contributed by atoms with Crippen LogP contribution in [-0.2, 0) is 0 Å². The molecule has 104 valence electrons. The molecule has 4 N–H and O–H groups in total. The molecular weight excluding hydrogens is 270 g/mol. The van der Waals surface area contributed by atoms with Crippen LogP contribution in [0.3, 0.4) is 0 Å². The van der Waals surface area contributed by atoms with E-state index in [0.29, 0.717) is 4.90 Å². The monoisotopic (exact) mass is 285 g/mol. The Balaban J connectivity index is 3.16. The maximum absolute atomic E-state index is 11.0. The van der Waals surface area contributed by atoms with Crippen molar-refractivity contribution in [1.82, 2.24) is 0 Å². The molecule has 0 aliphatic heterocycles. The largest absolute Gasteiger partial charge is 0.409 e. The Labute approximate surface area is 114 Å². The summed E-state index contributed by atoms with van der Waals surface area (Å²) in [6.07, 6.45) is -0.589. The standard InChI is InChI=1S/C11H15N3O4S/c1-6(15)7(2)19-10-4-3-8(11(12)13-16)5-9(10)14(17)18/h3-7,15-16H,1-2H3,(H2,12,13). The molecule has 7 nitrogen and oxygen atoms in total. The molecule has 0 aliphatic rings. The molecule has 0 saturated heterocycles. The van der Waals surface area contributed by atoms with E-state index in [1.165, 1.54) is 30.0 Å². The lowest BCUT2D eigenvalue weighted by atomic mass is 10.2. The Morgan fingerprint density at radius 3 is 2.63 bits per heavy atom. The molecule has 1 rings (SSSR count). The molecule has 0 aromatic heterocycles. The van der Waals surface area contributed by atoms with Gasteiger partial charge in [-0.25, -0.2) is 0 Å². The minimum absolute atomic E-state index is 0.137. The average Bonchev–Trinajstić information content (AvgIpc) is 2.37. The number of benzene rings is 1. The first-order valence-electron chi connectivity index (χ1n) is 5.48. The average molecular weight is 285 g/mol. The molecule has 0 saturated carbocycles. The molecule has 8 heteroatoms. The molecule has 0 spiro atoms. The first-order chi connectivity index (χ1) is 8.86. The highest BCUT2D eigenvalue weighted by Gasteiger charge is 2.20. The van der Waals surface area contributed by atoms with E-state index in [1.807, 2.05) is 0 Å². The van der Waals surface area contributed by atoms with Crippen molar-refractivity contribution in [2.75, 3.05) is 0 Å². The van der Waals surface area contributed by atoms with Crippen molar-refractivity contribution in [3.05, 3.63) is 33.9 Å². The second kappa shape index (κ2) is 6.39. The maximum atomic E-state index is 11.0. The van der Waals surface area contributed by atoms with Gasteiger partial charge in [-0.05, 0) is 19.1 Å². The minimum atomic E-state index is -0.589. The number of hydrogen-bond acceptors (Lipinski definition) is 6. The maximum Gasteiger partial charge on any atom is 0.283 e. The zero-order valence-corrected chi connectivity index (χ0v) is 11.3. The fourth-order valence-electron chi connectivity index (χ4n) is 1.28. The highest BCUT2D eigenvalue weighted by molar-refractivity contribution is 8.00. The number of amidine groups is 1. The molecule has 1 aromatic rings. The van der Waals surface area contributed by atoms with Crippen LogP contribution < -0.4 is 5.73 Å². The summed E-state index contributed by atoms with van der Waals surface area (Å²) in [6, 6.07) is 4.29. The number of oxime groups is 1. The number of thioether (sulfide) groups is 1. The highest BCUT2D eigenvalue weighted by Crippen LogP contribution is 2.33. The zero-order chi connectivity index (χ0) is 14.6. The molecule has 19 heavy (non-hydrogen) atoms. The van der Waals surface area contributed by atoms with Gasteiger partial charge in [0, 0.05) is 16.9 Å². The summed E-state index contributed by atoms with van der Waals surface area (Å²) in [5.74, 6) is -0.191. The normalized spacial score (nSPS) is 15.0. The van der Waals surface area contributed by atoms with E-state index in [4.69, 9.17) is 10.9 Å². The van der Waals surface area contributed by atoms with Gasteiger partial charge in [-0.3, -0.25) is 10.1 Å². The lowest BCUT2D eigenvalue weighted by Crippen LogP contribution is -2.16. The van der Waals surface area contributed by atoms with Gasteiger partial charge in [0.25, 0.3) is 5.69 Å². The molecular formula is C11H15N3O4S. The van der Waals surface area contributed by atoms with Crippen LogP contribution in [0.25, 0.3) is 0 Å². The van der Waals surface area contributed by atoms with Crippen LogP contribution in [0.2, 0.25) is 0 Å². The second-order valence-electron chi connectivity index (χ2n) is 3.99. The molecule has 2 atom stereocenters. The van der Waals surface area contributed by atoms with Crippen molar-refractivity contribution in [3.63, 3.8) is 0 Å². The fourth-order valence-corrected chi connectivity index (χ4v) is 2.27. The molecule has 0 radical (unpaired) electrons. The molecule has 1 aromatic carbocycles. The Morgan fingerprint density at radius 1 is 1.53 bits per heavy atom. The number of nitrogens with two attached hydrogens (primary N) is 1. The van der Waals surface area contributed by atoms with Gasteiger partial charge < -0.3 is 16.0 Å². The van der Waals surface area contributed by atoms with Gasteiger partial charge in [0.1, 0.15) is 0 Å². The van der Waals surface area contributed by atoms with E-state index in [0.717, 1.165) is 0 Å². The van der Waals surface area contributed by atoms with E-state index in [2.05, 4.69) is 5.16 Å². The number of nitro benzene ring substituents is 1. The van der Waals surface area contributed by atoms with Gasteiger partial charge >= 0.3 is 0 Å². The zero-order valence-electron chi connectivity index (χ0n) is 10.5. The van der Waals surface area contributed by atoms with Crippen LogP contribution in [-0.4, -0.2) is 32.4 Å². The predicted molar refractivity (Wildman–Crippen MR) is 72.6 cm³/mol. The van der Waals surface area contributed by atoms with Gasteiger partial charge in [0.05, 0.1) is 15.9 Å². The third-order valence-electron chi connectivity index (χ3n) is 2.55. The summed E-state index contributed by atoms with van der Waals surface area (Å²) in [6.45, 7) is 3.39. The van der Waals surface area contributed by atoms with E-state index in [1.54, 1.807) is 13.8 Å². The van der Waals surface area contributed by atoms with Crippen LogP contribution in [0.15, 0.2) is 28.3 Å². The summed E-state index contributed by atoms with van der Waals surface area (Å²) in [7, 11) is 0. The number of hydrogen-bond donors (Lipinski definition) is 3.